The number of hydrogen-bond donors (Lipinski definition) is 2. The van der Waals surface area contributed by atoms with Crippen molar-refractivity contribution in [3.63, 3.8) is 0 Å². The van der Waals surface area contributed by atoms with Gasteiger partial charge in [0.25, 0.3) is 0 Å². The summed E-state index contributed by atoms with van der Waals surface area (Å²) in [7, 11) is 0. The first-order valence-electron chi connectivity index (χ1n) is 8.68. The molecule has 2 N–H and O–H groups in total. The smallest absolute Gasteiger partial charge is 0.161 e. The molecule has 0 radical (unpaired) electrons. The second kappa shape index (κ2) is 6.59. The molecule has 0 unspecified atom stereocenters. The molecule has 4 aromatic rings. The van der Waals surface area contributed by atoms with Crippen LogP contribution in [0.5, 0.6) is 0 Å². The molecule has 0 bridgehead atoms. The van der Waals surface area contributed by atoms with Gasteiger partial charge in [-0.1, -0.05) is 6.07 Å². The van der Waals surface area contributed by atoms with Crippen molar-refractivity contribution >= 4 is 16.7 Å². The number of nitrogens with one attached hydrogen (secondary N) is 2. The lowest BCUT2D eigenvalue weighted by Crippen LogP contribution is -2.04. The standard InChI is InChI=1S/C21H21N5/c1-13-10-20(26-21(24-13)17-6-8-22-9-7-17)23-12-16-4-5-19-18(11-16)14(2)15(3)25-19/h4-11,25H,12H2,1-3H3,(H,23,24,26). The van der Waals surface area contributed by atoms with Crippen LogP contribution in [0, 0.1) is 20.8 Å². The normalized spacial score (nSPS) is 11.0. The summed E-state index contributed by atoms with van der Waals surface area (Å²) in [5.74, 6) is 1.54. The fraction of sp³-hybridized carbons (Fsp3) is 0.190. The molecular weight excluding hydrogens is 322 g/mol. The van der Waals surface area contributed by atoms with Gasteiger partial charge >= 0.3 is 0 Å². The van der Waals surface area contributed by atoms with E-state index < -0.39 is 0 Å². The average Bonchev–Trinajstić information content (AvgIpc) is 2.94. The monoisotopic (exact) mass is 343 g/mol. The Hall–Kier alpha value is -3.21. The number of benzene rings is 1. The summed E-state index contributed by atoms with van der Waals surface area (Å²) in [5.41, 5.74) is 6.83. The predicted octanol–water partition coefficient (Wildman–Crippen LogP) is 4.56. The van der Waals surface area contributed by atoms with Gasteiger partial charge in [-0.25, -0.2) is 9.97 Å². The predicted molar refractivity (Wildman–Crippen MR) is 105 cm³/mol. The molecule has 0 fully saturated rings. The van der Waals surface area contributed by atoms with E-state index in [9.17, 15) is 0 Å². The van der Waals surface area contributed by atoms with Gasteiger partial charge in [-0.05, 0) is 56.2 Å². The Morgan fingerprint density at radius 1 is 0.962 bits per heavy atom. The fourth-order valence-corrected chi connectivity index (χ4v) is 3.10. The largest absolute Gasteiger partial charge is 0.366 e. The minimum atomic E-state index is 0.711. The van der Waals surface area contributed by atoms with E-state index in [1.165, 1.54) is 27.7 Å². The summed E-state index contributed by atoms with van der Waals surface area (Å²) >= 11 is 0. The quantitative estimate of drug-likeness (QED) is 0.570. The number of pyridine rings is 1. The van der Waals surface area contributed by atoms with Gasteiger partial charge < -0.3 is 10.3 Å². The highest BCUT2D eigenvalue weighted by atomic mass is 15.0. The Kier molecular flexibility index (Phi) is 4.13. The SMILES string of the molecule is Cc1cc(NCc2ccc3[nH]c(C)c(C)c3c2)nc(-c2ccncc2)n1. The van der Waals surface area contributed by atoms with Crippen LogP contribution in [0.2, 0.25) is 0 Å². The molecule has 26 heavy (non-hydrogen) atoms. The number of H-pyrrole nitrogens is 1. The topological polar surface area (TPSA) is 66.5 Å². The van der Waals surface area contributed by atoms with Crippen LogP contribution in [0.15, 0.2) is 48.8 Å². The molecular formula is C21H21N5. The van der Waals surface area contributed by atoms with E-state index in [2.05, 4.69) is 57.3 Å². The van der Waals surface area contributed by atoms with Gasteiger partial charge in [0.15, 0.2) is 5.82 Å². The molecule has 1 aromatic carbocycles. The van der Waals surface area contributed by atoms with E-state index in [4.69, 9.17) is 0 Å². The Balaban J connectivity index is 1.58. The van der Waals surface area contributed by atoms with E-state index in [-0.39, 0.29) is 0 Å². The molecule has 130 valence electrons. The first-order chi connectivity index (χ1) is 12.6. The third-order valence-electron chi connectivity index (χ3n) is 4.64. The van der Waals surface area contributed by atoms with Crippen LogP contribution in [0.3, 0.4) is 0 Å². The molecule has 0 spiro atoms. The van der Waals surface area contributed by atoms with Gasteiger partial charge in [-0.3, -0.25) is 4.98 Å². The molecule has 0 aliphatic rings. The molecule has 4 rings (SSSR count). The molecule has 0 saturated carbocycles. The van der Waals surface area contributed by atoms with Gasteiger partial charge in [0.1, 0.15) is 5.82 Å². The lowest BCUT2D eigenvalue weighted by molar-refractivity contribution is 1.06. The average molecular weight is 343 g/mol. The molecule has 0 aliphatic heterocycles. The van der Waals surface area contributed by atoms with Crippen molar-refractivity contribution in [2.45, 2.75) is 27.3 Å². The van der Waals surface area contributed by atoms with Crippen molar-refractivity contribution in [1.82, 2.24) is 19.9 Å². The van der Waals surface area contributed by atoms with Crippen molar-refractivity contribution in [2.75, 3.05) is 5.32 Å². The number of anilines is 1. The number of rotatable bonds is 4. The summed E-state index contributed by atoms with van der Waals surface area (Å²) in [6.07, 6.45) is 3.51. The summed E-state index contributed by atoms with van der Waals surface area (Å²) in [6.45, 7) is 6.96. The highest BCUT2D eigenvalue weighted by Gasteiger charge is 2.07. The summed E-state index contributed by atoms with van der Waals surface area (Å²) in [4.78, 5) is 16.6. The highest BCUT2D eigenvalue weighted by molar-refractivity contribution is 5.85. The Labute approximate surface area is 152 Å². The Bertz CT molecular complexity index is 1070. The van der Waals surface area contributed by atoms with Gasteiger partial charge in [0.2, 0.25) is 0 Å². The van der Waals surface area contributed by atoms with Gasteiger partial charge in [-0.2, -0.15) is 0 Å². The van der Waals surface area contributed by atoms with Crippen molar-refractivity contribution in [3.8, 4) is 11.4 Å². The minimum Gasteiger partial charge on any atom is -0.366 e. The number of fused-ring (bicyclic) bond motifs is 1. The van der Waals surface area contributed by atoms with E-state index in [0.29, 0.717) is 12.4 Å². The van der Waals surface area contributed by atoms with Gasteiger partial charge in [-0.15, -0.1) is 0 Å². The van der Waals surface area contributed by atoms with E-state index >= 15 is 0 Å². The molecule has 5 nitrogen and oxygen atoms in total. The lowest BCUT2D eigenvalue weighted by atomic mass is 10.1. The van der Waals surface area contributed by atoms with Gasteiger partial charge in [0, 0.05) is 52.9 Å². The summed E-state index contributed by atoms with van der Waals surface area (Å²) in [6, 6.07) is 12.3. The number of aryl methyl sites for hydroxylation is 3. The maximum absolute atomic E-state index is 4.65. The summed E-state index contributed by atoms with van der Waals surface area (Å²) < 4.78 is 0. The van der Waals surface area contributed by atoms with E-state index in [0.717, 1.165) is 17.1 Å². The molecule has 3 heterocycles. The van der Waals surface area contributed by atoms with Crippen molar-refractivity contribution < 1.29 is 0 Å². The lowest BCUT2D eigenvalue weighted by Gasteiger charge is -2.09. The molecule has 0 amide bonds. The first-order valence-corrected chi connectivity index (χ1v) is 8.68. The Morgan fingerprint density at radius 2 is 1.77 bits per heavy atom. The molecule has 3 aromatic heterocycles. The zero-order valence-electron chi connectivity index (χ0n) is 15.2. The number of aromatic nitrogens is 4. The van der Waals surface area contributed by atoms with Crippen molar-refractivity contribution in [3.05, 3.63) is 71.3 Å². The second-order valence-corrected chi connectivity index (χ2v) is 6.56. The molecule has 0 aliphatic carbocycles. The molecule has 0 saturated heterocycles. The van der Waals surface area contributed by atoms with Gasteiger partial charge in [0.05, 0.1) is 0 Å². The Morgan fingerprint density at radius 3 is 2.58 bits per heavy atom. The van der Waals surface area contributed by atoms with Crippen molar-refractivity contribution in [2.24, 2.45) is 0 Å². The summed E-state index contributed by atoms with van der Waals surface area (Å²) in [5, 5.41) is 4.70. The minimum absolute atomic E-state index is 0.711. The van der Waals surface area contributed by atoms with E-state index in [1.807, 2.05) is 25.1 Å². The van der Waals surface area contributed by atoms with Crippen LogP contribution in [0.1, 0.15) is 22.5 Å². The van der Waals surface area contributed by atoms with Crippen LogP contribution < -0.4 is 5.32 Å². The third-order valence-corrected chi connectivity index (χ3v) is 4.64. The number of nitrogens with zero attached hydrogens (tertiary/aromatic N) is 3. The van der Waals surface area contributed by atoms with Crippen LogP contribution in [-0.4, -0.2) is 19.9 Å². The van der Waals surface area contributed by atoms with E-state index in [1.54, 1.807) is 12.4 Å². The van der Waals surface area contributed by atoms with Crippen LogP contribution in [0.4, 0.5) is 5.82 Å². The fourth-order valence-electron chi connectivity index (χ4n) is 3.10. The highest BCUT2D eigenvalue weighted by Crippen LogP contribution is 2.23. The maximum atomic E-state index is 4.65. The second-order valence-electron chi connectivity index (χ2n) is 6.56. The van der Waals surface area contributed by atoms with Crippen LogP contribution in [-0.2, 0) is 6.54 Å². The van der Waals surface area contributed by atoms with Crippen molar-refractivity contribution in [1.29, 1.82) is 0 Å². The zero-order valence-corrected chi connectivity index (χ0v) is 15.2. The van der Waals surface area contributed by atoms with Crippen LogP contribution in [0.25, 0.3) is 22.3 Å². The van der Waals surface area contributed by atoms with Crippen LogP contribution >= 0.6 is 0 Å². The third kappa shape index (κ3) is 3.16. The number of hydrogen-bond acceptors (Lipinski definition) is 4. The first kappa shape index (κ1) is 16.3. The molecule has 5 heteroatoms. The maximum Gasteiger partial charge on any atom is 0.161 e. The number of aromatic amines is 1. The zero-order chi connectivity index (χ0) is 18.1. The molecule has 0 atom stereocenters.